The van der Waals surface area contributed by atoms with Crippen LogP contribution in [-0.4, -0.2) is 16.5 Å². The summed E-state index contributed by atoms with van der Waals surface area (Å²) in [4.78, 5) is 14.5. The van der Waals surface area contributed by atoms with Crippen molar-refractivity contribution < 1.29 is 4.92 Å². The van der Waals surface area contributed by atoms with Gasteiger partial charge in [0.05, 0.1) is 4.92 Å². The fourth-order valence-electron chi connectivity index (χ4n) is 1.79. The monoisotopic (exact) mass is 299 g/mol. The van der Waals surface area contributed by atoms with Crippen LogP contribution in [0.15, 0.2) is 16.7 Å². The molecule has 17 heavy (non-hydrogen) atoms. The van der Waals surface area contributed by atoms with Crippen molar-refractivity contribution in [2.45, 2.75) is 19.8 Å². The number of halogens is 1. The molecular weight excluding hydrogens is 286 g/mol. The number of hydrogen-bond donors (Lipinski definition) is 1. The van der Waals surface area contributed by atoms with Gasteiger partial charge in [0.15, 0.2) is 0 Å². The Kier molecular flexibility index (Phi) is 3.61. The third-order valence-electron chi connectivity index (χ3n) is 3.05. The molecule has 1 heterocycles. The van der Waals surface area contributed by atoms with Gasteiger partial charge in [0.1, 0.15) is 0 Å². The van der Waals surface area contributed by atoms with Crippen LogP contribution >= 0.6 is 15.9 Å². The lowest BCUT2D eigenvalue weighted by molar-refractivity contribution is -0.384. The Morgan fingerprint density at radius 1 is 1.71 bits per heavy atom. The molecule has 0 spiro atoms. The summed E-state index contributed by atoms with van der Waals surface area (Å²) in [5.41, 5.74) is 0.0161. The van der Waals surface area contributed by atoms with Crippen LogP contribution in [-0.2, 0) is 0 Å². The molecule has 1 saturated carbocycles. The van der Waals surface area contributed by atoms with Crippen LogP contribution in [0, 0.1) is 22.0 Å². The van der Waals surface area contributed by atoms with Gasteiger partial charge in [-0.1, -0.05) is 6.92 Å². The summed E-state index contributed by atoms with van der Waals surface area (Å²) < 4.78 is 0.616. The van der Waals surface area contributed by atoms with E-state index in [1.54, 1.807) is 6.20 Å². The van der Waals surface area contributed by atoms with E-state index in [2.05, 4.69) is 33.2 Å². The predicted molar refractivity (Wildman–Crippen MR) is 69.0 cm³/mol. The van der Waals surface area contributed by atoms with Crippen LogP contribution in [0.2, 0.25) is 0 Å². The lowest BCUT2D eigenvalue weighted by Crippen LogP contribution is -2.14. The highest BCUT2D eigenvalue weighted by Crippen LogP contribution is 2.36. The SMILES string of the molecule is CC(CNc1ncc(Br)cc1[N+](=O)[O-])C1CC1. The summed E-state index contributed by atoms with van der Waals surface area (Å²) in [5, 5.41) is 13.9. The van der Waals surface area contributed by atoms with Gasteiger partial charge < -0.3 is 5.32 Å². The largest absolute Gasteiger partial charge is 0.364 e. The van der Waals surface area contributed by atoms with E-state index in [9.17, 15) is 10.1 Å². The van der Waals surface area contributed by atoms with E-state index in [0.29, 0.717) is 16.2 Å². The molecule has 0 bridgehead atoms. The quantitative estimate of drug-likeness (QED) is 0.669. The average Bonchev–Trinajstić information content (AvgIpc) is 3.10. The number of nitrogens with one attached hydrogen (secondary N) is 1. The predicted octanol–water partition coefficient (Wildman–Crippen LogP) is 3.21. The lowest BCUT2D eigenvalue weighted by atomic mass is 10.1. The van der Waals surface area contributed by atoms with E-state index in [1.807, 2.05) is 0 Å². The highest BCUT2D eigenvalue weighted by atomic mass is 79.9. The number of anilines is 1. The first-order valence-electron chi connectivity index (χ1n) is 5.61. The highest BCUT2D eigenvalue weighted by Gasteiger charge is 2.28. The Labute approximate surface area is 108 Å². The Morgan fingerprint density at radius 3 is 3.00 bits per heavy atom. The van der Waals surface area contributed by atoms with Crippen LogP contribution in [0.5, 0.6) is 0 Å². The summed E-state index contributed by atoms with van der Waals surface area (Å²) in [6.45, 7) is 2.90. The smallest absolute Gasteiger partial charge is 0.312 e. The lowest BCUT2D eigenvalue weighted by Gasteiger charge is -2.11. The van der Waals surface area contributed by atoms with Crippen LogP contribution < -0.4 is 5.32 Å². The van der Waals surface area contributed by atoms with Crippen LogP contribution in [0.3, 0.4) is 0 Å². The molecule has 1 aliphatic rings. The number of aromatic nitrogens is 1. The van der Waals surface area contributed by atoms with Crippen molar-refractivity contribution in [2.24, 2.45) is 11.8 Å². The number of nitro groups is 1. The van der Waals surface area contributed by atoms with Gasteiger partial charge in [-0.3, -0.25) is 10.1 Å². The zero-order chi connectivity index (χ0) is 12.4. The van der Waals surface area contributed by atoms with Gasteiger partial charge in [-0.25, -0.2) is 4.98 Å². The molecule has 1 N–H and O–H groups in total. The summed E-state index contributed by atoms with van der Waals surface area (Å²) in [6.07, 6.45) is 4.12. The first-order chi connectivity index (χ1) is 8.08. The Hall–Kier alpha value is -1.17. The molecule has 1 aromatic rings. The molecule has 0 radical (unpaired) electrons. The minimum Gasteiger partial charge on any atom is -0.364 e. The van der Waals surface area contributed by atoms with E-state index < -0.39 is 4.92 Å². The van der Waals surface area contributed by atoms with Gasteiger partial charge in [-0.15, -0.1) is 0 Å². The second-order valence-electron chi connectivity index (χ2n) is 4.47. The van der Waals surface area contributed by atoms with Crippen molar-refractivity contribution in [2.75, 3.05) is 11.9 Å². The first kappa shape index (κ1) is 12.3. The molecule has 0 saturated heterocycles. The van der Waals surface area contributed by atoms with E-state index in [1.165, 1.54) is 18.9 Å². The molecule has 6 heteroatoms. The van der Waals surface area contributed by atoms with Crippen LogP contribution in [0.1, 0.15) is 19.8 Å². The molecule has 0 aromatic carbocycles. The molecule has 1 fully saturated rings. The number of rotatable bonds is 5. The maximum atomic E-state index is 10.9. The summed E-state index contributed by atoms with van der Waals surface area (Å²) in [5.74, 6) is 1.67. The summed E-state index contributed by atoms with van der Waals surface area (Å²) in [6, 6.07) is 1.47. The maximum Gasteiger partial charge on any atom is 0.312 e. The second kappa shape index (κ2) is 5.00. The third-order valence-corrected chi connectivity index (χ3v) is 3.48. The molecule has 0 amide bonds. The molecule has 1 atom stereocenters. The molecule has 2 rings (SSSR count). The van der Waals surface area contributed by atoms with Gasteiger partial charge in [0.25, 0.3) is 0 Å². The standard InChI is InChI=1S/C11H14BrN3O2/c1-7(8-2-3-8)5-13-11-10(15(16)17)4-9(12)6-14-11/h4,6-8H,2-3,5H2,1H3,(H,13,14). The fourth-order valence-corrected chi connectivity index (χ4v) is 2.11. The highest BCUT2D eigenvalue weighted by molar-refractivity contribution is 9.10. The minimum absolute atomic E-state index is 0.0161. The van der Waals surface area contributed by atoms with E-state index >= 15 is 0 Å². The van der Waals surface area contributed by atoms with Crippen molar-refractivity contribution in [1.82, 2.24) is 4.98 Å². The molecule has 1 aromatic heterocycles. The van der Waals surface area contributed by atoms with Crippen molar-refractivity contribution in [1.29, 1.82) is 0 Å². The normalized spacial score (nSPS) is 16.6. The number of hydrogen-bond acceptors (Lipinski definition) is 4. The molecule has 1 aliphatic carbocycles. The van der Waals surface area contributed by atoms with E-state index in [-0.39, 0.29) is 5.69 Å². The minimum atomic E-state index is -0.415. The molecular formula is C11H14BrN3O2. The third kappa shape index (κ3) is 3.15. The Bertz CT molecular complexity index is 435. The van der Waals surface area contributed by atoms with E-state index in [0.717, 1.165) is 12.5 Å². The number of pyridine rings is 1. The van der Waals surface area contributed by atoms with Gasteiger partial charge in [-0.05, 0) is 40.6 Å². The van der Waals surface area contributed by atoms with Gasteiger partial charge in [0.2, 0.25) is 5.82 Å². The molecule has 92 valence electrons. The molecule has 1 unspecified atom stereocenters. The van der Waals surface area contributed by atoms with Crippen LogP contribution in [0.4, 0.5) is 11.5 Å². The van der Waals surface area contributed by atoms with Gasteiger partial charge in [-0.2, -0.15) is 0 Å². The Morgan fingerprint density at radius 2 is 2.41 bits per heavy atom. The van der Waals surface area contributed by atoms with Crippen LogP contribution in [0.25, 0.3) is 0 Å². The summed E-state index contributed by atoms with van der Waals surface area (Å²) >= 11 is 3.18. The zero-order valence-electron chi connectivity index (χ0n) is 9.52. The van der Waals surface area contributed by atoms with Gasteiger partial charge >= 0.3 is 5.69 Å². The second-order valence-corrected chi connectivity index (χ2v) is 5.39. The van der Waals surface area contributed by atoms with Crippen molar-refractivity contribution >= 4 is 27.4 Å². The van der Waals surface area contributed by atoms with Crippen molar-refractivity contribution in [3.63, 3.8) is 0 Å². The van der Waals surface area contributed by atoms with Crippen molar-refractivity contribution in [3.8, 4) is 0 Å². The maximum absolute atomic E-state index is 10.9. The average molecular weight is 300 g/mol. The Balaban J connectivity index is 2.06. The summed E-state index contributed by atoms with van der Waals surface area (Å²) in [7, 11) is 0. The zero-order valence-corrected chi connectivity index (χ0v) is 11.1. The molecule has 0 aliphatic heterocycles. The fraction of sp³-hybridized carbons (Fsp3) is 0.545. The van der Waals surface area contributed by atoms with E-state index in [4.69, 9.17) is 0 Å². The topological polar surface area (TPSA) is 68.1 Å². The molecule has 5 nitrogen and oxygen atoms in total. The van der Waals surface area contributed by atoms with Crippen molar-refractivity contribution in [3.05, 3.63) is 26.9 Å². The number of nitrogens with zero attached hydrogens (tertiary/aromatic N) is 2. The van der Waals surface area contributed by atoms with Gasteiger partial charge in [0, 0.05) is 23.3 Å². The first-order valence-corrected chi connectivity index (χ1v) is 6.41.